The van der Waals surface area contributed by atoms with E-state index in [4.69, 9.17) is 4.74 Å². The summed E-state index contributed by atoms with van der Waals surface area (Å²) in [6, 6.07) is 5.99. The molecule has 0 saturated carbocycles. The number of pyridine rings is 1. The topological polar surface area (TPSA) is 25.4 Å². The van der Waals surface area contributed by atoms with Crippen molar-refractivity contribution in [3.8, 4) is 5.88 Å². The highest BCUT2D eigenvalue weighted by atomic mass is 16.5. The Morgan fingerprint density at radius 2 is 2.13 bits per heavy atom. The van der Waals surface area contributed by atoms with Crippen LogP contribution in [-0.4, -0.2) is 36.1 Å². The van der Waals surface area contributed by atoms with E-state index in [9.17, 15) is 0 Å². The quantitative estimate of drug-likeness (QED) is 0.755. The molecule has 0 aliphatic carbocycles. The summed E-state index contributed by atoms with van der Waals surface area (Å²) in [6.07, 6.45) is 0.324. The highest BCUT2D eigenvalue weighted by Crippen LogP contribution is 2.18. The molecule has 0 atom stereocenters. The Morgan fingerprint density at radius 1 is 1.40 bits per heavy atom. The van der Waals surface area contributed by atoms with Crippen molar-refractivity contribution in [3.63, 3.8) is 0 Å². The molecule has 0 unspecified atom stereocenters. The van der Waals surface area contributed by atoms with E-state index in [1.807, 2.05) is 18.2 Å². The van der Waals surface area contributed by atoms with Crippen molar-refractivity contribution >= 4 is 0 Å². The Balaban J connectivity index is 1.99. The van der Waals surface area contributed by atoms with Crippen LogP contribution < -0.4 is 4.74 Å². The molecule has 0 amide bonds. The predicted molar refractivity (Wildman–Crippen MR) is 60.2 cm³/mol. The van der Waals surface area contributed by atoms with Gasteiger partial charge in [-0.3, -0.25) is 4.90 Å². The first-order chi connectivity index (χ1) is 7.15. The summed E-state index contributed by atoms with van der Waals surface area (Å²) in [5.41, 5.74) is 1.10. The zero-order valence-corrected chi connectivity index (χ0v) is 9.60. The maximum absolute atomic E-state index is 5.76. The number of aromatic nitrogens is 1. The molecular weight excluding hydrogens is 188 g/mol. The van der Waals surface area contributed by atoms with E-state index in [0.717, 1.165) is 24.7 Å². The first-order valence-electron chi connectivity index (χ1n) is 5.47. The van der Waals surface area contributed by atoms with E-state index in [1.54, 1.807) is 0 Å². The maximum Gasteiger partial charge on any atom is 0.213 e. The summed E-state index contributed by atoms with van der Waals surface area (Å²) >= 11 is 0. The molecular formula is C12H18N2O. The number of hydrogen-bond acceptors (Lipinski definition) is 3. The van der Waals surface area contributed by atoms with Gasteiger partial charge in [-0.25, -0.2) is 4.98 Å². The fourth-order valence-electron chi connectivity index (χ4n) is 1.71. The minimum Gasteiger partial charge on any atom is -0.472 e. The fraction of sp³-hybridized carbons (Fsp3) is 0.583. The molecule has 0 radical (unpaired) electrons. The Hall–Kier alpha value is -1.09. The summed E-state index contributed by atoms with van der Waals surface area (Å²) in [5.74, 6) is 1.22. The first-order valence-corrected chi connectivity index (χ1v) is 5.47. The van der Waals surface area contributed by atoms with Crippen LogP contribution in [0.2, 0.25) is 0 Å². The number of ether oxygens (including phenoxy) is 1. The molecule has 82 valence electrons. The van der Waals surface area contributed by atoms with E-state index in [1.165, 1.54) is 0 Å². The molecule has 3 nitrogen and oxygen atoms in total. The minimum absolute atomic E-state index is 0.324. The molecule has 2 heterocycles. The standard InChI is InChI=1S/C12H18N2O/c1-9(2)11-5-4-6-12(13-11)15-10-7-14(3)8-10/h4-6,9-10H,7-8H2,1-3H3. The van der Waals surface area contributed by atoms with Crippen molar-refractivity contribution in [3.05, 3.63) is 23.9 Å². The largest absolute Gasteiger partial charge is 0.472 e. The lowest BCUT2D eigenvalue weighted by Crippen LogP contribution is -2.51. The second-order valence-electron chi connectivity index (χ2n) is 4.52. The monoisotopic (exact) mass is 206 g/mol. The zero-order chi connectivity index (χ0) is 10.8. The van der Waals surface area contributed by atoms with Gasteiger partial charge >= 0.3 is 0 Å². The molecule has 0 N–H and O–H groups in total. The smallest absolute Gasteiger partial charge is 0.213 e. The average Bonchev–Trinajstić information content (AvgIpc) is 2.16. The molecule has 0 spiro atoms. The van der Waals surface area contributed by atoms with Crippen molar-refractivity contribution in [2.75, 3.05) is 20.1 Å². The van der Waals surface area contributed by atoms with Crippen molar-refractivity contribution in [2.24, 2.45) is 0 Å². The van der Waals surface area contributed by atoms with Gasteiger partial charge in [0.1, 0.15) is 6.10 Å². The number of rotatable bonds is 3. The number of nitrogens with zero attached hydrogens (tertiary/aromatic N) is 2. The Labute approximate surface area is 91.1 Å². The van der Waals surface area contributed by atoms with Gasteiger partial charge in [0.25, 0.3) is 0 Å². The lowest BCUT2D eigenvalue weighted by atomic mass is 10.1. The Kier molecular flexibility index (Phi) is 2.91. The molecule has 15 heavy (non-hydrogen) atoms. The second kappa shape index (κ2) is 4.19. The number of likely N-dealkylation sites (tertiary alicyclic amines) is 1. The Morgan fingerprint density at radius 3 is 2.73 bits per heavy atom. The third kappa shape index (κ3) is 2.48. The lowest BCUT2D eigenvalue weighted by molar-refractivity contribution is 0.0354. The van der Waals surface area contributed by atoms with Crippen LogP contribution in [0.3, 0.4) is 0 Å². The summed E-state index contributed by atoms with van der Waals surface area (Å²) < 4.78 is 5.76. The highest BCUT2D eigenvalue weighted by molar-refractivity contribution is 5.18. The van der Waals surface area contributed by atoms with Crippen molar-refractivity contribution in [1.29, 1.82) is 0 Å². The fourth-order valence-corrected chi connectivity index (χ4v) is 1.71. The average molecular weight is 206 g/mol. The van der Waals surface area contributed by atoms with Gasteiger partial charge in [-0.15, -0.1) is 0 Å². The van der Waals surface area contributed by atoms with Crippen LogP contribution in [0.4, 0.5) is 0 Å². The van der Waals surface area contributed by atoms with Crippen LogP contribution in [0, 0.1) is 0 Å². The third-order valence-corrected chi connectivity index (χ3v) is 2.65. The van der Waals surface area contributed by atoms with Crippen LogP contribution in [0.15, 0.2) is 18.2 Å². The molecule has 1 aromatic heterocycles. The molecule has 3 heteroatoms. The normalized spacial score (nSPS) is 17.9. The number of hydrogen-bond donors (Lipinski definition) is 0. The highest BCUT2D eigenvalue weighted by Gasteiger charge is 2.25. The zero-order valence-electron chi connectivity index (χ0n) is 9.60. The van der Waals surface area contributed by atoms with E-state index in [0.29, 0.717) is 12.0 Å². The van der Waals surface area contributed by atoms with E-state index < -0.39 is 0 Å². The lowest BCUT2D eigenvalue weighted by Gasteiger charge is -2.35. The van der Waals surface area contributed by atoms with Crippen LogP contribution in [0.1, 0.15) is 25.5 Å². The van der Waals surface area contributed by atoms with Crippen molar-refractivity contribution in [2.45, 2.75) is 25.9 Å². The van der Waals surface area contributed by atoms with Gasteiger partial charge in [0.15, 0.2) is 0 Å². The van der Waals surface area contributed by atoms with Gasteiger partial charge in [-0.2, -0.15) is 0 Å². The molecule has 1 fully saturated rings. The summed E-state index contributed by atoms with van der Waals surface area (Å²) in [5, 5.41) is 0. The molecule has 0 bridgehead atoms. The summed E-state index contributed by atoms with van der Waals surface area (Å²) in [7, 11) is 2.10. The van der Waals surface area contributed by atoms with Crippen LogP contribution in [0.5, 0.6) is 5.88 Å². The summed E-state index contributed by atoms with van der Waals surface area (Å²) in [6.45, 7) is 6.30. The minimum atomic E-state index is 0.324. The Bertz CT molecular complexity index is 332. The van der Waals surface area contributed by atoms with Gasteiger partial charge in [-0.05, 0) is 19.0 Å². The molecule has 1 aromatic rings. The molecule has 1 aliphatic heterocycles. The SMILES string of the molecule is CC(C)c1cccc(OC2CN(C)C2)n1. The summed E-state index contributed by atoms with van der Waals surface area (Å²) in [4.78, 5) is 6.71. The van der Waals surface area contributed by atoms with E-state index in [-0.39, 0.29) is 0 Å². The number of likely N-dealkylation sites (N-methyl/N-ethyl adjacent to an activating group) is 1. The maximum atomic E-state index is 5.76. The van der Waals surface area contributed by atoms with Crippen LogP contribution in [0.25, 0.3) is 0 Å². The second-order valence-corrected chi connectivity index (χ2v) is 4.52. The predicted octanol–water partition coefficient (Wildman–Crippen LogP) is 1.90. The van der Waals surface area contributed by atoms with Gasteiger partial charge < -0.3 is 4.74 Å². The molecule has 1 aliphatic rings. The van der Waals surface area contributed by atoms with Crippen LogP contribution >= 0.6 is 0 Å². The van der Waals surface area contributed by atoms with Crippen LogP contribution in [-0.2, 0) is 0 Å². The van der Waals surface area contributed by atoms with Crippen molar-refractivity contribution in [1.82, 2.24) is 9.88 Å². The van der Waals surface area contributed by atoms with E-state index in [2.05, 4.69) is 30.8 Å². The van der Waals surface area contributed by atoms with Gasteiger partial charge in [0.2, 0.25) is 5.88 Å². The molecule has 1 saturated heterocycles. The van der Waals surface area contributed by atoms with Gasteiger partial charge in [0, 0.05) is 24.8 Å². The van der Waals surface area contributed by atoms with Crippen molar-refractivity contribution < 1.29 is 4.74 Å². The van der Waals surface area contributed by atoms with Gasteiger partial charge in [0.05, 0.1) is 0 Å². The molecule has 2 rings (SSSR count). The molecule has 0 aromatic carbocycles. The first kappa shape index (κ1) is 10.4. The third-order valence-electron chi connectivity index (χ3n) is 2.65. The van der Waals surface area contributed by atoms with E-state index >= 15 is 0 Å². The van der Waals surface area contributed by atoms with Gasteiger partial charge in [-0.1, -0.05) is 19.9 Å².